The van der Waals surface area contributed by atoms with Crippen molar-refractivity contribution in [2.24, 2.45) is 5.92 Å². The molecule has 0 spiro atoms. The predicted molar refractivity (Wildman–Crippen MR) is 109 cm³/mol. The van der Waals surface area contributed by atoms with Crippen molar-refractivity contribution in [3.63, 3.8) is 0 Å². The van der Waals surface area contributed by atoms with Crippen molar-refractivity contribution in [2.75, 3.05) is 26.2 Å². The molecule has 6 heteroatoms. The molecule has 2 fully saturated rings. The third kappa shape index (κ3) is 4.04. The summed E-state index contributed by atoms with van der Waals surface area (Å²) in [5.74, 6) is 0.611. The largest absolute Gasteiger partial charge is 0.339 e. The van der Waals surface area contributed by atoms with Crippen LogP contribution in [-0.4, -0.2) is 47.8 Å². The fourth-order valence-electron chi connectivity index (χ4n) is 3.71. The molecule has 4 rings (SSSR count). The summed E-state index contributed by atoms with van der Waals surface area (Å²) in [5.41, 5.74) is 1.83. The van der Waals surface area contributed by atoms with E-state index in [1.165, 1.54) is 5.56 Å². The second kappa shape index (κ2) is 7.64. The summed E-state index contributed by atoms with van der Waals surface area (Å²) in [6.45, 7) is 2.31. The topological polar surface area (TPSA) is 40.6 Å². The number of hydrogen-bond donors (Lipinski definition) is 0. The summed E-state index contributed by atoms with van der Waals surface area (Å²) < 4.78 is 1.05. The Morgan fingerprint density at radius 1 is 0.963 bits per heavy atom. The van der Waals surface area contributed by atoms with E-state index in [0.717, 1.165) is 10.9 Å². The second-order valence-electron chi connectivity index (χ2n) is 7.13. The van der Waals surface area contributed by atoms with E-state index in [2.05, 4.69) is 28.1 Å². The maximum Gasteiger partial charge on any atom is 0.254 e. The van der Waals surface area contributed by atoms with Gasteiger partial charge in [-0.2, -0.15) is 0 Å². The number of piperazine rings is 1. The molecule has 1 aliphatic heterocycles. The zero-order valence-corrected chi connectivity index (χ0v) is 17.1. The Balaban J connectivity index is 1.32. The highest BCUT2D eigenvalue weighted by Crippen LogP contribution is 2.48. The fourth-order valence-corrected chi connectivity index (χ4v) is 4.17. The Morgan fingerprint density at radius 3 is 2.30 bits per heavy atom. The lowest BCUT2D eigenvalue weighted by Crippen LogP contribution is -2.51. The number of amides is 2. The normalized spacial score (nSPS) is 21.9. The van der Waals surface area contributed by atoms with Crippen LogP contribution >= 0.6 is 27.5 Å². The molecule has 2 unspecified atom stereocenters. The van der Waals surface area contributed by atoms with Gasteiger partial charge in [-0.1, -0.05) is 45.7 Å². The number of carbonyl (C=O) groups excluding carboxylic acids is 2. The van der Waals surface area contributed by atoms with Gasteiger partial charge in [0.05, 0.1) is 0 Å². The minimum atomic E-state index is -0.0243. The maximum atomic E-state index is 12.8. The molecular formula is C21H20BrClN2O2. The van der Waals surface area contributed by atoms with E-state index < -0.39 is 0 Å². The maximum absolute atomic E-state index is 12.8. The van der Waals surface area contributed by atoms with Crippen LogP contribution in [0.2, 0.25) is 5.02 Å². The minimum Gasteiger partial charge on any atom is -0.339 e. The summed E-state index contributed by atoms with van der Waals surface area (Å²) in [7, 11) is 0. The first-order chi connectivity index (χ1) is 13.0. The van der Waals surface area contributed by atoms with E-state index in [9.17, 15) is 9.59 Å². The van der Waals surface area contributed by atoms with E-state index in [4.69, 9.17) is 11.6 Å². The van der Waals surface area contributed by atoms with Crippen molar-refractivity contribution in [1.29, 1.82) is 0 Å². The second-order valence-corrected chi connectivity index (χ2v) is 8.48. The van der Waals surface area contributed by atoms with Crippen molar-refractivity contribution in [3.05, 3.63) is 69.2 Å². The molecule has 2 aliphatic rings. The van der Waals surface area contributed by atoms with Gasteiger partial charge in [-0.05, 0) is 48.2 Å². The third-order valence-corrected chi connectivity index (χ3v) is 6.12. The molecule has 0 bridgehead atoms. The van der Waals surface area contributed by atoms with Gasteiger partial charge in [-0.25, -0.2) is 0 Å². The minimum absolute atomic E-state index is 0.0243. The van der Waals surface area contributed by atoms with Gasteiger partial charge in [-0.3, -0.25) is 9.59 Å². The molecule has 1 aliphatic carbocycles. The van der Waals surface area contributed by atoms with Gasteiger partial charge >= 0.3 is 0 Å². The number of benzene rings is 2. The summed E-state index contributed by atoms with van der Waals surface area (Å²) in [5, 5.41) is 0.558. The molecule has 2 aromatic rings. The van der Waals surface area contributed by atoms with E-state index in [1.54, 1.807) is 29.2 Å². The zero-order chi connectivity index (χ0) is 19.0. The molecular weight excluding hydrogens is 428 g/mol. The molecule has 1 heterocycles. The van der Waals surface area contributed by atoms with Crippen LogP contribution in [0.3, 0.4) is 0 Å². The van der Waals surface area contributed by atoms with Crippen LogP contribution in [0.15, 0.2) is 53.0 Å². The van der Waals surface area contributed by atoms with Crippen LogP contribution in [0.4, 0.5) is 0 Å². The molecule has 0 aromatic heterocycles. The Kier molecular flexibility index (Phi) is 5.24. The van der Waals surface area contributed by atoms with Crippen LogP contribution in [-0.2, 0) is 4.79 Å². The van der Waals surface area contributed by atoms with Gasteiger partial charge in [0.2, 0.25) is 5.91 Å². The van der Waals surface area contributed by atoms with Crippen molar-refractivity contribution < 1.29 is 9.59 Å². The number of rotatable bonds is 3. The molecule has 0 N–H and O–H groups in total. The first-order valence-corrected chi connectivity index (χ1v) is 10.3. The van der Waals surface area contributed by atoms with Gasteiger partial charge < -0.3 is 9.80 Å². The standard InChI is InChI=1S/C21H20BrClN2O2/c22-16-6-4-14(5-7-16)18-13-19(18)21(27)25-10-8-24(9-11-25)20(26)15-2-1-3-17(23)12-15/h1-7,12,18-19H,8-11,13H2. The van der Waals surface area contributed by atoms with Crippen LogP contribution in [0.25, 0.3) is 0 Å². The third-order valence-electron chi connectivity index (χ3n) is 5.36. The lowest BCUT2D eigenvalue weighted by Gasteiger charge is -2.35. The van der Waals surface area contributed by atoms with E-state index in [0.29, 0.717) is 42.7 Å². The van der Waals surface area contributed by atoms with Gasteiger partial charge in [0.25, 0.3) is 5.91 Å². The van der Waals surface area contributed by atoms with Crippen molar-refractivity contribution in [1.82, 2.24) is 9.80 Å². The van der Waals surface area contributed by atoms with Gasteiger partial charge in [0, 0.05) is 47.2 Å². The predicted octanol–water partition coefficient (Wildman–Crippen LogP) is 4.19. The Morgan fingerprint density at radius 2 is 1.63 bits per heavy atom. The van der Waals surface area contributed by atoms with E-state index in [-0.39, 0.29) is 17.7 Å². The molecule has 140 valence electrons. The molecule has 2 amide bonds. The molecule has 0 radical (unpaired) electrons. The van der Waals surface area contributed by atoms with Crippen LogP contribution in [0.1, 0.15) is 28.3 Å². The molecule has 2 atom stereocenters. The first-order valence-electron chi connectivity index (χ1n) is 9.12. The first kappa shape index (κ1) is 18.5. The molecule has 4 nitrogen and oxygen atoms in total. The van der Waals surface area contributed by atoms with Gasteiger partial charge in [-0.15, -0.1) is 0 Å². The highest BCUT2D eigenvalue weighted by Gasteiger charge is 2.46. The quantitative estimate of drug-likeness (QED) is 0.708. The molecule has 1 saturated heterocycles. The van der Waals surface area contributed by atoms with Gasteiger partial charge in [0.1, 0.15) is 0 Å². The van der Waals surface area contributed by atoms with Crippen molar-refractivity contribution in [2.45, 2.75) is 12.3 Å². The highest BCUT2D eigenvalue weighted by molar-refractivity contribution is 9.10. The summed E-state index contributed by atoms with van der Waals surface area (Å²) >= 11 is 9.43. The van der Waals surface area contributed by atoms with Crippen LogP contribution in [0.5, 0.6) is 0 Å². The highest BCUT2D eigenvalue weighted by atomic mass is 79.9. The average molecular weight is 448 g/mol. The van der Waals surface area contributed by atoms with Gasteiger partial charge in [0.15, 0.2) is 0 Å². The molecule has 1 saturated carbocycles. The Labute approximate surface area is 172 Å². The molecule has 2 aromatic carbocycles. The van der Waals surface area contributed by atoms with Crippen LogP contribution in [0, 0.1) is 5.92 Å². The number of nitrogens with zero attached hydrogens (tertiary/aromatic N) is 2. The lowest BCUT2D eigenvalue weighted by atomic mass is 10.1. The summed E-state index contributed by atoms with van der Waals surface area (Å²) in [6, 6.07) is 15.2. The summed E-state index contributed by atoms with van der Waals surface area (Å²) in [6.07, 6.45) is 0.919. The average Bonchev–Trinajstić information content (AvgIpc) is 3.48. The zero-order valence-electron chi connectivity index (χ0n) is 14.8. The number of carbonyl (C=O) groups is 2. The smallest absolute Gasteiger partial charge is 0.254 e. The Hall–Kier alpha value is -1.85. The fraction of sp³-hybridized carbons (Fsp3) is 0.333. The Bertz CT molecular complexity index is 863. The SMILES string of the molecule is O=C(c1cccc(Cl)c1)N1CCN(C(=O)C2CC2c2ccc(Br)cc2)CC1. The lowest BCUT2D eigenvalue weighted by molar-refractivity contribution is -0.134. The number of hydrogen-bond acceptors (Lipinski definition) is 2. The monoisotopic (exact) mass is 446 g/mol. The van der Waals surface area contributed by atoms with E-state index >= 15 is 0 Å². The molecule has 27 heavy (non-hydrogen) atoms. The van der Waals surface area contributed by atoms with Crippen LogP contribution < -0.4 is 0 Å². The number of halogens is 2. The van der Waals surface area contributed by atoms with E-state index in [1.807, 2.05) is 17.0 Å². The summed E-state index contributed by atoms with van der Waals surface area (Å²) in [4.78, 5) is 29.1. The van der Waals surface area contributed by atoms with Crippen molar-refractivity contribution >= 4 is 39.3 Å². The van der Waals surface area contributed by atoms with Crippen molar-refractivity contribution in [3.8, 4) is 0 Å².